The summed E-state index contributed by atoms with van der Waals surface area (Å²) in [6.07, 6.45) is 4.95. The average molecular weight is 326 g/mol. The first kappa shape index (κ1) is 15.7. The van der Waals surface area contributed by atoms with Crippen LogP contribution in [0, 0.1) is 0 Å². The van der Waals surface area contributed by atoms with Gasteiger partial charge in [0.2, 0.25) is 0 Å². The molecule has 1 aromatic carbocycles. The molecule has 1 aromatic heterocycles. The third-order valence-corrected chi connectivity index (χ3v) is 3.97. The maximum absolute atomic E-state index is 11.7. The van der Waals surface area contributed by atoms with Crippen molar-refractivity contribution in [3.05, 3.63) is 35.4 Å². The lowest BCUT2D eigenvalue weighted by Gasteiger charge is -2.08. The predicted octanol–water partition coefficient (Wildman–Crippen LogP) is 2.93. The van der Waals surface area contributed by atoms with Gasteiger partial charge in [-0.1, -0.05) is 11.6 Å². The van der Waals surface area contributed by atoms with Crippen molar-refractivity contribution < 1.29 is 4.79 Å². The molecule has 0 fully saturated rings. The van der Waals surface area contributed by atoms with Gasteiger partial charge >= 0.3 is 6.03 Å². The van der Waals surface area contributed by atoms with Gasteiger partial charge in [-0.2, -0.15) is 5.10 Å². The molecule has 2 rings (SSSR count). The van der Waals surface area contributed by atoms with Crippen LogP contribution in [0.2, 0.25) is 5.02 Å². The Morgan fingerprint density at radius 1 is 1.48 bits per heavy atom. The van der Waals surface area contributed by atoms with E-state index in [2.05, 4.69) is 25.8 Å². The summed E-state index contributed by atoms with van der Waals surface area (Å²) in [6.45, 7) is 0.559. The molecule has 0 aliphatic heterocycles. The Labute approximate surface area is 132 Å². The van der Waals surface area contributed by atoms with Gasteiger partial charge in [-0.3, -0.25) is 5.10 Å². The number of carbonyl (C=O) groups is 1. The van der Waals surface area contributed by atoms with Crippen LogP contribution in [0.3, 0.4) is 0 Å². The molecule has 0 unspecified atom stereocenters. The molecule has 0 saturated heterocycles. The van der Waals surface area contributed by atoms with Crippen LogP contribution < -0.4 is 10.6 Å². The highest BCUT2D eigenvalue weighted by Gasteiger charge is 2.04. The van der Waals surface area contributed by atoms with Crippen LogP contribution in [0.5, 0.6) is 0 Å². The Hall–Kier alpha value is -1.73. The van der Waals surface area contributed by atoms with Gasteiger partial charge in [0.05, 0.1) is 5.02 Å². The minimum absolute atomic E-state index is 0.250. The zero-order chi connectivity index (χ0) is 15.1. The first-order valence-corrected chi connectivity index (χ1v) is 8.02. The van der Waals surface area contributed by atoms with Crippen molar-refractivity contribution in [2.24, 2.45) is 0 Å². The van der Waals surface area contributed by atoms with E-state index in [1.54, 1.807) is 17.8 Å². The van der Waals surface area contributed by atoms with Gasteiger partial charge < -0.3 is 10.6 Å². The van der Waals surface area contributed by atoms with E-state index in [-0.39, 0.29) is 6.03 Å². The SMILES string of the molecule is CSc1ccc(NC(=O)NCCCc2ncn[nH]2)cc1Cl. The second-order valence-electron chi connectivity index (χ2n) is 4.27. The fraction of sp³-hybridized carbons (Fsp3) is 0.308. The molecule has 0 bridgehead atoms. The molecule has 3 N–H and O–H groups in total. The molecule has 1 heterocycles. The number of aromatic nitrogens is 3. The second kappa shape index (κ2) is 7.90. The molecule has 2 aromatic rings. The maximum atomic E-state index is 11.7. The van der Waals surface area contributed by atoms with Crippen LogP contribution in [0.15, 0.2) is 29.4 Å². The van der Waals surface area contributed by atoms with Crippen molar-refractivity contribution in [3.63, 3.8) is 0 Å². The fourth-order valence-corrected chi connectivity index (χ4v) is 2.60. The topological polar surface area (TPSA) is 82.7 Å². The Morgan fingerprint density at radius 3 is 3.00 bits per heavy atom. The third-order valence-electron chi connectivity index (χ3n) is 2.75. The Kier molecular flexibility index (Phi) is 5.89. The van der Waals surface area contributed by atoms with E-state index in [9.17, 15) is 4.79 Å². The van der Waals surface area contributed by atoms with Crippen molar-refractivity contribution in [3.8, 4) is 0 Å². The zero-order valence-electron chi connectivity index (χ0n) is 11.5. The quantitative estimate of drug-likeness (QED) is 0.563. The Morgan fingerprint density at radius 2 is 2.33 bits per heavy atom. The number of hydrogen-bond acceptors (Lipinski definition) is 4. The van der Waals surface area contributed by atoms with E-state index in [1.165, 1.54) is 6.33 Å². The number of amides is 2. The van der Waals surface area contributed by atoms with Gasteiger partial charge in [0.15, 0.2) is 0 Å². The average Bonchev–Trinajstić information content (AvgIpc) is 2.97. The largest absolute Gasteiger partial charge is 0.338 e. The molecular weight excluding hydrogens is 310 g/mol. The Balaban J connectivity index is 1.72. The summed E-state index contributed by atoms with van der Waals surface area (Å²) in [5, 5.41) is 12.7. The predicted molar refractivity (Wildman–Crippen MR) is 85.0 cm³/mol. The minimum Gasteiger partial charge on any atom is -0.338 e. The summed E-state index contributed by atoms with van der Waals surface area (Å²) in [4.78, 5) is 16.7. The van der Waals surface area contributed by atoms with E-state index in [1.807, 2.05) is 18.4 Å². The highest BCUT2D eigenvalue weighted by Crippen LogP contribution is 2.27. The number of nitrogens with zero attached hydrogens (tertiary/aromatic N) is 2. The molecular formula is C13H16ClN5OS. The van der Waals surface area contributed by atoms with Crippen LogP contribution in [-0.4, -0.2) is 34.0 Å². The number of carbonyl (C=O) groups excluding carboxylic acids is 1. The van der Waals surface area contributed by atoms with E-state index in [4.69, 9.17) is 11.6 Å². The second-order valence-corrected chi connectivity index (χ2v) is 5.52. The molecule has 8 heteroatoms. The maximum Gasteiger partial charge on any atom is 0.319 e. The minimum atomic E-state index is -0.250. The van der Waals surface area contributed by atoms with Crippen molar-refractivity contribution in [2.75, 3.05) is 18.1 Å². The van der Waals surface area contributed by atoms with Gasteiger partial charge in [0.1, 0.15) is 12.2 Å². The van der Waals surface area contributed by atoms with Crippen LogP contribution in [-0.2, 0) is 6.42 Å². The van der Waals surface area contributed by atoms with E-state index in [0.717, 1.165) is 23.6 Å². The number of H-pyrrole nitrogens is 1. The van der Waals surface area contributed by atoms with Crippen molar-refractivity contribution >= 4 is 35.1 Å². The standard InChI is InChI=1S/C13H16ClN5OS/c1-21-11-5-4-9(7-10(11)14)18-13(20)15-6-2-3-12-16-8-17-19-12/h4-5,7-8H,2-3,6H2,1H3,(H2,15,18,20)(H,16,17,19). The number of nitrogens with one attached hydrogen (secondary N) is 3. The number of thioether (sulfide) groups is 1. The number of benzene rings is 1. The van der Waals surface area contributed by atoms with Crippen LogP contribution >= 0.6 is 23.4 Å². The highest BCUT2D eigenvalue weighted by molar-refractivity contribution is 7.98. The van der Waals surface area contributed by atoms with Crippen molar-refractivity contribution in [1.29, 1.82) is 0 Å². The number of rotatable bonds is 6. The Bertz CT molecular complexity index is 590. The molecule has 2 amide bonds. The lowest BCUT2D eigenvalue weighted by Crippen LogP contribution is -2.29. The lowest BCUT2D eigenvalue weighted by molar-refractivity contribution is 0.252. The van der Waals surface area contributed by atoms with Gasteiger partial charge in [-0.15, -0.1) is 11.8 Å². The summed E-state index contributed by atoms with van der Waals surface area (Å²) in [6, 6.07) is 5.19. The van der Waals surface area contributed by atoms with E-state index < -0.39 is 0 Å². The van der Waals surface area contributed by atoms with E-state index >= 15 is 0 Å². The highest BCUT2D eigenvalue weighted by atomic mass is 35.5. The molecule has 0 radical (unpaired) electrons. The van der Waals surface area contributed by atoms with Crippen LogP contribution in [0.1, 0.15) is 12.2 Å². The third kappa shape index (κ3) is 4.95. The van der Waals surface area contributed by atoms with Gasteiger partial charge in [-0.25, -0.2) is 9.78 Å². The number of aromatic amines is 1. The molecule has 0 aliphatic rings. The number of aryl methyl sites for hydroxylation is 1. The first-order valence-electron chi connectivity index (χ1n) is 6.41. The van der Waals surface area contributed by atoms with Gasteiger partial charge in [-0.05, 0) is 30.9 Å². The summed E-state index contributed by atoms with van der Waals surface area (Å²) in [5.74, 6) is 0.816. The summed E-state index contributed by atoms with van der Waals surface area (Å²) >= 11 is 7.65. The first-order chi connectivity index (χ1) is 10.2. The van der Waals surface area contributed by atoms with Crippen LogP contribution in [0.25, 0.3) is 0 Å². The molecule has 0 spiro atoms. The van der Waals surface area contributed by atoms with Crippen LogP contribution in [0.4, 0.5) is 10.5 Å². The van der Waals surface area contributed by atoms with Gasteiger partial charge in [0, 0.05) is 23.5 Å². The van der Waals surface area contributed by atoms with E-state index in [0.29, 0.717) is 17.3 Å². The summed E-state index contributed by atoms with van der Waals surface area (Å²) in [5.41, 5.74) is 0.672. The monoisotopic (exact) mass is 325 g/mol. The lowest BCUT2D eigenvalue weighted by atomic mass is 10.3. The molecule has 6 nitrogen and oxygen atoms in total. The van der Waals surface area contributed by atoms with Gasteiger partial charge in [0.25, 0.3) is 0 Å². The normalized spacial score (nSPS) is 10.4. The summed E-state index contributed by atoms with van der Waals surface area (Å²) < 4.78 is 0. The molecule has 0 aliphatic carbocycles. The van der Waals surface area contributed by atoms with Crippen molar-refractivity contribution in [1.82, 2.24) is 20.5 Å². The van der Waals surface area contributed by atoms with Crippen molar-refractivity contribution in [2.45, 2.75) is 17.7 Å². The molecule has 112 valence electrons. The number of hydrogen-bond donors (Lipinski definition) is 3. The zero-order valence-corrected chi connectivity index (χ0v) is 13.1. The summed E-state index contributed by atoms with van der Waals surface area (Å²) in [7, 11) is 0. The fourth-order valence-electron chi connectivity index (χ4n) is 1.73. The molecule has 0 saturated carbocycles. The molecule has 21 heavy (non-hydrogen) atoms. The number of urea groups is 1. The smallest absolute Gasteiger partial charge is 0.319 e. The number of halogens is 1. The molecule has 0 atom stereocenters. The number of anilines is 1.